The first-order chi connectivity index (χ1) is 21.3. The standard InChI is InChI=1S/C39H23N3O/c1-3-10-26-22-28(18-16-24(26)8-1)37-40-38(29-19-17-25-9-2-4-11-27(25)23-29)42-39(41-37)32-14-7-13-31-30(32)20-21-35-36(31)33-12-5-6-15-34(33)43-35/h1-23H. The molecular formula is C39H23N3O. The molecule has 4 nitrogen and oxygen atoms in total. The van der Waals surface area contributed by atoms with Crippen molar-refractivity contribution in [1.82, 2.24) is 15.0 Å². The summed E-state index contributed by atoms with van der Waals surface area (Å²) < 4.78 is 6.19. The highest BCUT2D eigenvalue weighted by Crippen LogP contribution is 2.38. The van der Waals surface area contributed by atoms with Gasteiger partial charge in [-0.3, -0.25) is 0 Å². The Balaban J connectivity index is 1.31. The molecule has 0 aliphatic heterocycles. The van der Waals surface area contributed by atoms with E-state index >= 15 is 0 Å². The molecule has 0 saturated carbocycles. The minimum absolute atomic E-state index is 0.638. The van der Waals surface area contributed by atoms with Crippen molar-refractivity contribution in [3.8, 4) is 34.2 Å². The van der Waals surface area contributed by atoms with Crippen molar-refractivity contribution in [2.45, 2.75) is 0 Å². The first kappa shape index (κ1) is 23.8. The lowest BCUT2D eigenvalue weighted by atomic mass is 9.99. The minimum atomic E-state index is 0.638. The monoisotopic (exact) mass is 549 g/mol. The van der Waals surface area contributed by atoms with Gasteiger partial charge in [-0.25, -0.2) is 15.0 Å². The number of furan rings is 1. The van der Waals surface area contributed by atoms with Gasteiger partial charge in [0.25, 0.3) is 0 Å². The molecule has 2 heterocycles. The van der Waals surface area contributed by atoms with Crippen LogP contribution in [0, 0.1) is 0 Å². The number of nitrogens with zero attached hydrogens (tertiary/aromatic N) is 3. The molecule has 0 amide bonds. The highest BCUT2D eigenvalue weighted by Gasteiger charge is 2.17. The summed E-state index contributed by atoms with van der Waals surface area (Å²) in [6, 6.07) is 48.2. The first-order valence-corrected chi connectivity index (χ1v) is 14.4. The molecule has 9 aromatic rings. The van der Waals surface area contributed by atoms with E-state index in [4.69, 9.17) is 19.4 Å². The van der Waals surface area contributed by atoms with E-state index in [9.17, 15) is 0 Å². The number of aromatic nitrogens is 3. The summed E-state index contributed by atoms with van der Waals surface area (Å²) in [7, 11) is 0. The van der Waals surface area contributed by atoms with Gasteiger partial charge in [0.15, 0.2) is 17.5 Å². The van der Waals surface area contributed by atoms with Crippen LogP contribution in [0.4, 0.5) is 0 Å². The molecule has 0 atom stereocenters. The first-order valence-electron chi connectivity index (χ1n) is 14.4. The zero-order valence-corrected chi connectivity index (χ0v) is 23.0. The number of hydrogen-bond acceptors (Lipinski definition) is 4. The summed E-state index contributed by atoms with van der Waals surface area (Å²) in [6.07, 6.45) is 0. The maximum absolute atomic E-state index is 6.19. The third-order valence-electron chi connectivity index (χ3n) is 8.29. The molecule has 0 radical (unpaired) electrons. The van der Waals surface area contributed by atoms with Crippen molar-refractivity contribution >= 4 is 54.3 Å². The molecule has 0 bridgehead atoms. The van der Waals surface area contributed by atoms with E-state index < -0.39 is 0 Å². The molecule has 0 saturated heterocycles. The van der Waals surface area contributed by atoms with Gasteiger partial charge in [0, 0.05) is 27.5 Å². The van der Waals surface area contributed by atoms with Crippen LogP contribution in [-0.4, -0.2) is 15.0 Å². The Morgan fingerprint density at radius 3 is 1.65 bits per heavy atom. The van der Waals surface area contributed by atoms with Crippen LogP contribution in [0.3, 0.4) is 0 Å². The summed E-state index contributed by atoms with van der Waals surface area (Å²) in [6.45, 7) is 0. The van der Waals surface area contributed by atoms with Crippen LogP contribution in [-0.2, 0) is 0 Å². The molecule has 0 N–H and O–H groups in total. The summed E-state index contributed by atoms with van der Waals surface area (Å²) in [4.78, 5) is 15.2. The van der Waals surface area contributed by atoms with E-state index in [2.05, 4.69) is 127 Å². The number of hydrogen-bond donors (Lipinski definition) is 0. The molecule has 7 aromatic carbocycles. The second-order valence-corrected chi connectivity index (χ2v) is 10.9. The minimum Gasteiger partial charge on any atom is -0.456 e. The van der Waals surface area contributed by atoms with E-state index in [0.717, 1.165) is 60.2 Å². The van der Waals surface area contributed by atoms with Gasteiger partial charge in [0.05, 0.1) is 0 Å². The van der Waals surface area contributed by atoms with Crippen LogP contribution in [0.25, 0.3) is 88.4 Å². The normalized spacial score (nSPS) is 11.7. The lowest BCUT2D eigenvalue weighted by molar-refractivity contribution is 0.669. The summed E-state index contributed by atoms with van der Waals surface area (Å²) in [5.41, 5.74) is 4.61. The second kappa shape index (κ2) is 9.33. The van der Waals surface area contributed by atoms with Crippen molar-refractivity contribution in [2.24, 2.45) is 0 Å². The lowest BCUT2D eigenvalue weighted by Crippen LogP contribution is -2.00. The van der Waals surface area contributed by atoms with Gasteiger partial charge in [-0.2, -0.15) is 0 Å². The molecule has 0 aliphatic rings. The van der Waals surface area contributed by atoms with Crippen molar-refractivity contribution in [1.29, 1.82) is 0 Å². The van der Waals surface area contributed by atoms with E-state index in [1.165, 1.54) is 10.8 Å². The molecule has 9 rings (SSSR count). The van der Waals surface area contributed by atoms with Gasteiger partial charge < -0.3 is 4.42 Å². The van der Waals surface area contributed by atoms with Gasteiger partial charge >= 0.3 is 0 Å². The number of fused-ring (bicyclic) bond motifs is 7. The zero-order valence-electron chi connectivity index (χ0n) is 23.0. The maximum atomic E-state index is 6.19. The Hall–Kier alpha value is -5.87. The smallest absolute Gasteiger partial charge is 0.164 e. The fraction of sp³-hybridized carbons (Fsp3) is 0. The van der Waals surface area contributed by atoms with Gasteiger partial charge in [0.1, 0.15) is 11.2 Å². The third-order valence-corrected chi connectivity index (χ3v) is 8.29. The molecule has 4 heteroatoms. The topological polar surface area (TPSA) is 51.8 Å². The molecule has 200 valence electrons. The molecule has 0 spiro atoms. The van der Waals surface area contributed by atoms with Crippen LogP contribution in [0.5, 0.6) is 0 Å². The Morgan fingerprint density at radius 1 is 0.372 bits per heavy atom. The highest BCUT2D eigenvalue weighted by molar-refractivity contribution is 6.20. The number of benzene rings is 7. The number of para-hydroxylation sites is 1. The Morgan fingerprint density at radius 2 is 0.953 bits per heavy atom. The van der Waals surface area contributed by atoms with Crippen LogP contribution in [0.1, 0.15) is 0 Å². The largest absolute Gasteiger partial charge is 0.456 e. The zero-order chi connectivity index (χ0) is 28.3. The Bertz CT molecular complexity index is 2430. The highest BCUT2D eigenvalue weighted by atomic mass is 16.3. The van der Waals surface area contributed by atoms with Crippen LogP contribution in [0.2, 0.25) is 0 Å². The maximum Gasteiger partial charge on any atom is 0.164 e. The summed E-state index contributed by atoms with van der Waals surface area (Å²) in [5.74, 6) is 1.93. The fourth-order valence-electron chi connectivity index (χ4n) is 6.19. The van der Waals surface area contributed by atoms with Crippen molar-refractivity contribution in [3.05, 3.63) is 140 Å². The molecule has 0 aliphatic carbocycles. The quantitative estimate of drug-likeness (QED) is 0.220. The third kappa shape index (κ3) is 3.88. The molecule has 43 heavy (non-hydrogen) atoms. The van der Waals surface area contributed by atoms with Crippen LogP contribution in [0.15, 0.2) is 144 Å². The predicted molar refractivity (Wildman–Crippen MR) is 176 cm³/mol. The van der Waals surface area contributed by atoms with Crippen LogP contribution < -0.4 is 0 Å². The number of rotatable bonds is 3. The molecular weight excluding hydrogens is 526 g/mol. The lowest BCUT2D eigenvalue weighted by Gasteiger charge is -2.11. The summed E-state index contributed by atoms with van der Waals surface area (Å²) >= 11 is 0. The van der Waals surface area contributed by atoms with E-state index in [-0.39, 0.29) is 0 Å². The van der Waals surface area contributed by atoms with Crippen molar-refractivity contribution in [2.75, 3.05) is 0 Å². The van der Waals surface area contributed by atoms with E-state index in [0.29, 0.717) is 17.5 Å². The molecule has 2 aromatic heterocycles. The predicted octanol–water partition coefficient (Wildman–Crippen LogP) is 10.2. The van der Waals surface area contributed by atoms with Crippen molar-refractivity contribution < 1.29 is 4.42 Å². The van der Waals surface area contributed by atoms with Crippen LogP contribution >= 0.6 is 0 Å². The van der Waals surface area contributed by atoms with Crippen molar-refractivity contribution in [3.63, 3.8) is 0 Å². The van der Waals surface area contributed by atoms with Gasteiger partial charge in [-0.1, -0.05) is 109 Å². The van der Waals surface area contributed by atoms with E-state index in [1.807, 2.05) is 12.1 Å². The summed E-state index contributed by atoms with van der Waals surface area (Å²) in [5, 5.41) is 9.04. The molecule has 0 unspecified atom stereocenters. The average Bonchev–Trinajstić information content (AvgIpc) is 3.47. The second-order valence-electron chi connectivity index (χ2n) is 10.9. The SMILES string of the molecule is c1ccc2cc(-c3nc(-c4ccc5ccccc5c4)nc(-c4cccc5c4ccc4oc6ccccc6c45)n3)ccc2c1. The van der Waals surface area contributed by atoms with Gasteiger partial charge in [0.2, 0.25) is 0 Å². The molecule has 0 fully saturated rings. The average molecular weight is 550 g/mol. The van der Waals surface area contributed by atoms with Gasteiger partial charge in [-0.15, -0.1) is 0 Å². The Kier molecular flexibility index (Phi) is 5.16. The van der Waals surface area contributed by atoms with Gasteiger partial charge in [-0.05, 0) is 62.6 Å². The van der Waals surface area contributed by atoms with E-state index in [1.54, 1.807) is 0 Å². The Labute approximate surface area is 246 Å². The fourth-order valence-corrected chi connectivity index (χ4v) is 6.19.